The van der Waals surface area contributed by atoms with E-state index >= 15 is 0 Å². The van der Waals surface area contributed by atoms with Crippen molar-refractivity contribution in [2.45, 2.75) is 83.8 Å². The first kappa shape index (κ1) is 21.5. The van der Waals surface area contributed by atoms with Gasteiger partial charge in [-0.1, -0.05) is 26.0 Å². The number of carbonyl (C=O) groups excluding carboxylic acids is 1. The van der Waals surface area contributed by atoms with Crippen molar-refractivity contribution in [1.29, 1.82) is 0 Å². The second kappa shape index (κ2) is 7.76. The number of hydrogen-bond acceptors (Lipinski definition) is 7. The van der Waals surface area contributed by atoms with E-state index in [0.717, 1.165) is 0 Å². The number of nitrogens with one attached hydrogen (secondary N) is 1. The van der Waals surface area contributed by atoms with Crippen LogP contribution in [0.25, 0.3) is 0 Å². The Bertz CT molecular complexity index is 793. The van der Waals surface area contributed by atoms with Crippen molar-refractivity contribution < 1.29 is 33.2 Å². The molecule has 1 N–H and O–H groups in total. The number of ether oxygens (including phenoxy) is 6. The SMILES string of the molecule is CC(C)COc1ccccc1NC(=O)[C@@H]1O[C@@H]2OC(C)(C)O[C@@H]2[C@H]2OC(C)(C)O[C@@H]21. The van der Waals surface area contributed by atoms with Crippen LogP contribution in [-0.2, 0) is 28.5 Å². The summed E-state index contributed by atoms with van der Waals surface area (Å²) in [6, 6.07) is 7.33. The molecule has 0 radical (unpaired) electrons. The summed E-state index contributed by atoms with van der Waals surface area (Å²) in [5, 5.41) is 2.92. The number of rotatable bonds is 5. The lowest BCUT2D eigenvalue weighted by Crippen LogP contribution is -2.58. The highest BCUT2D eigenvalue weighted by Crippen LogP contribution is 2.44. The van der Waals surface area contributed by atoms with E-state index in [0.29, 0.717) is 24.0 Å². The van der Waals surface area contributed by atoms with E-state index < -0.39 is 42.3 Å². The van der Waals surface area contributed by atoms with Gasteiger partial charge >= 0.3 is 0 Å². The second-order valence-electron chi connectivity index (χ2n) is 9.28. The molecule has 4 rings (SSSR count). The number of fused-ring (bicyclic) bond motifs is 3. The largest absolute Gasteiger partial charge is 0.491 e. The maximum Gasteiger partial charge on any atom is 0.256 e. The van der Waals surface area contributed by atoms with Gasteiger partial charge in [0.15, 0.2) is 24.0 Å². The Morgan fingerprint density at radius 2 is 1.63 bits per heavy atom. The molecule has 3 fully saturated rings. The molecule has 0 bridgehead atoms. The third kappa shape index (κ3) is 4.33. The van der Waals surface area contributed by atoms with Crippen molar-refractivity contribution in [3.05, 3.63) is 24.3 Å². The summed E-state index contributed by atoms with van der Waals surface area (Å²) in [5.41, 5.74) is 0.576. The zero-order chi connectivity index (χ0) is 21.7. The van der Waals surface area contributed by atoms with Crippen molar-refractivity contribution >= 4 is 11.6 Å². The molecule has 30 heavy (non-hydrogen) atoms. The van der Waals surface area contributed by atoms with Gasteiger partial charge in [-0.3, -0.25) is 4.79 Å². The summed E-state index contributed by atoms with van der Waals surface area (Å²) in [6.45, 7) is 11.9. The van der Waals surface area contributed by atoms with Crippen LogP contribution in [0, 0.1) is 5.92 Å². The van der Waals surface area contributed by atoms with Crippen LogP contribution in [0.15, 0.2) is 24.3 Å². The average Bonchev–Trinajstić information content (AvgIpc) is 3.13. The molecular formula is C22H31NO7. The zero-order valence-electron chi connectivity index (χ0n) is 18.3. The van der Waals surface area contributed by atoms with Gasteiger partial charge in [0.05, 0.1) is 12.3 Å². The van der Waals surface area contributed by atoms with E-state index in [1.807, 2.05) is 45.9 Å². The fourth-order valence-electron chi connectivity index (χ4n) is 3.98. The number of carbonyl (C=O) groups is 1. The van der Waals surface area contributed by atoms with Crippen molar-refractivity contribution in [2.75, 3.05) is 11.9 Å². The molecule has 1 aromatic carbocycles. The maximum atomic E-state index is 13.2. The first-order chi connectivity index (χ1) is 14.0. The minimum Gasteiger partial charge on any atom is -0.491 e. The minimum absolute atomic E-state index is 0.348. The summed E-state index contributed by atoms with van der Waals surface area (Å²) in [4.78, 5) is 13.2. The van der Waals surface area contributed by atoms with E-state index in [1.54, 1.807) is 6.07 Å². The smallest absolute Gasteiger partial charge is 0.256 e. The van der Waals surface area contributed by atoms with Gasteiger partial charge in [-0.25, -0.2) is 0 Å². The highest BCUT2D eigenvalue weighted by molar-refractivity contribution is 5.96. The number of anilines is 1. The molecule has 5 atom stereocenters. The summed E-state index contributed by atoms with van der Waals surface area (Å²) in [5.74, 6) is -1.07. The lowest BCUT2D eigenvalue weighted by Gasteiger charge is -2.36. The van der Waals surface area contributed by atoms with Gasteiger partial charge < -0.3 is 33.7 Å². The van der Waals surface area contributed by atoms with E-state index in [1.165, 1.54) is 0 Å². The molecule has 1 aromatic rings. The van der Waals surface area contributed by atoms with Crippen LogP contribution in [0.1, 0.15) is 41.5 Å². The average molecular weight is 421 g/mol. The molecule has 0 aliphatic carbocycles. The van der Waals surface area contributed by atoms with E-state index in [9.17, 15) is 4.79 Å². The quantitative estimate of drug-likeness (QED) is 0.782. The van der Waals surface area contributed by atoms with Crippen LogP contribution in [0.3, 0.4) is 0 Å². The lowest BCUT2D eigenvalue weighted by molar-refractivity contribution is -0.229. The Morgan fingerprint density at radius 3 is 2.37 bits per heavy atom. The standard InChI is InChI=1S/C22H31NO7/c1-12(2)11-25-14-10-8-7-9-13(14)23-19(24)17-15-16(28-21(3,4)27-15)18-20(26-17)30-22(5,6)29-18/h7-10,12,15-18,20H,11H2,1-6H3,(H,23,24)/t15-,16-,17+,18+,20+/m0/s1. The summed E-state index contributed by atoms with van der Waals surface area (Å²) >= 11 is 0. The Labute approximate surface area is 177 Å². The number of hydrogen-bond donors (Lipinski definition) is 1. The van der Waals surface area contributed by atoms with Crippen LogP contribution in [0.4, 0.5) is 5.69 Å². The highest BCUT2D eigenvalue weighted by Gasteiger charge is 2.62. The van der Waals surface area contributed by atoms with Crippen LogP contribution in [0.5, 0.6) is 5.75 Å². The van der Waals surface area contributed by atoms with Crippen molar-refractivity contribution in [1.82, 2.24) is 0 Å². The molecule has 3 aliphatic rings. The molecule has 3 aliphatic heterocycles. The summed E-state index contributed by atoms with van der Waals surface area (Å²) in [7, 11) is 0. The van der Waals surface area contributed by atoms with Gasteiger partial charge in [0, 0.05) is 0 Å². The molecule has 8 heteroatoms. The maximum absolute atomic E-state index is 13.2. The van der Waals surface area contributed by atoms with Gasteiger partial charge in [0.1, 0.15) is 24.1 Å². The molecular weight excluding hydrogens is 390 g/mol. The molecule has 0 spiro atoms. The summed E-state index contributed by atoms with van der Waals surface area (Å²) < 4.78 is 35.8. The van der Waals surface area contributed by atoms with Gasteiger partial charge in [0.2, 0.25) is 0 Å². The van der Waals surface area contributed by atoms with E-state index in [-0.39, 0.29) is 5.91 Å². The van der Waals surface area contributed by atoms with Crippen LogP contribution in [-0.4, -0.2) is 54.8 Å². The van der Waals surface area contributed by atoms with Crippen LogP contribution >= 0.6 is 0 Å². The lowest BCUT2D eigenvalue weighted by atomic mass is 9.98. The third-order valence-electron chi connectivity index (χ3n) is 5.13. The van der Waals surface area contributed by atoms with Crippen molar-refractivity contribution in [3.8, 4) is 5.75 Å². The molecule has 0 unspecified atom stereocenters. The van der Waals surface area contributed by atoms with Crippen molar-refractivity contribution in [3.63, 3.8) is 0 Å². The van der Waals surface area contributed by atoms with Crippen molar-refractivity contribution in [2.24, 2.45) is 5.92 Å². The Morgan fingerprint density at radius 1 is 1.00 bits per heavy atom. The monoisotopic (exact) mass is 421 g/mol. The zero-order valence-corrected chi connectivity index (χ0v) is 18.3. The normalized spacial score (nSPS) is 33.8. The Kier molecular flexibility index (Phi) is 5.57. The van der Waals surface area contributed by atoms with E-state index in [4.69, 9.17) is 28.4 Å². The first-order valence-corrected chi connectivity index (χ1v) is 10.4. The van der Waals surface area contributed by atoms with Gasteiger partial charge in [0.25, 0.3) is 5.91 Å². The van der Waals surface area contributed by atoms with Crippen LogP contribution in [0.2, 0.25) is 0 Å². The molecule has 0 aromatic heterocycles. The molecule has 0 saturated carbocycles. The Balaban J connectivity index is 1.54. The fraction of sp³-hybridized carbons (Fsp3) is 0.682. The third-order valence-corrected chi connectivity index (χ3v) is 5.13. The first-order valence-electron chi connectivity index (χ1n) is 10.4. The number of para-hydroxylation sites is 2. The van der Waals surface area contributed by atoms with Gasteiger partial charge in [-0.2, -0.15) is 0 Å². The predicted octanol–water partition coefficient (Wildman–Crippen LogP) is 3.06. The number of amides is 1. The second-order valence-corrected chi connectivity index (χ2v) is 9.28. The summed E-state index contributed by atoms with van der Waals surface area (Å²) in [6.07, 6.45) is -3.22. The Hall–Kier alpha value is -1.71. The number of benzene rings is 1. The van der Waals surface area contributed by atoms with Gasteiger partial charge in [-0.15, -0.1) is 0 Å². The molecule has 1 amide bonds. The molecule has 3 heterocycles. The minimum atomic E-state index is -0.923. The molecule has 8 nitrogen and oxygen atoms in total. The fourth-order valence-corrected chi connectivity index (χ4v) is 3.98. The van der Waals surface area contributed by atoms with E-state index in [2.05, 4.69) is 19.2 Å². The van der Waals surface area contributed by atoms with Crippen LogP contribution < -0.4 is 10.1 Å². The molecule has 3 saturated heterocycles. The molecule has 166 valence electrons. The predicted molar refractivity (Wildman–Crippen MR) is 108 cm³/mol. The van der Waals surface area contributed by atoms with Gasteiger partial charge in [-0.05, 0) is 45.7 Å². The topological polar surface area (TPSA) is 84.5 Å². The highest BCUT2D eigenvalue weighted by atomic mass is 16.9.